The molecule has 2 nitrogen and oxygen atoms in total. The molecular weight excluding hydrogens is 220 g/mol. The van der Waals surface area contributed by atoms with Gasteiger partial charge in [-0.05, 0) is 18.2 Å². The highest BCUT2D eigenvalue weighted by molar-refractivity contribution is 7.21. The second kappa shape index (κ2) is 3.59. The van der Waals surface area contributed by atoms with Crippen LogP contribution in [0.4, 0.5) is 0 Å². The van der Waals surface area contributed by atoms with Crippen molar-refractivity contribution in [2.24, 2.45) is 0 Å². The van der Waals surface area contributed by atoms with Crippen LogP contribution in [0.2, 0.25) is 5.02 Å². The van der Waals surface area contributed by atoms with Crippen LogP contribution < -0.4 is 4.74 Å². The maximum atomic E-state index is 10.7. The van der Waals surface area contributed by atoms with Gasteiger partial charge in [0.2, 0.25) is 0 Å². The van der Waals surface area contributed by atoms with Crippen LogP contribution in [0.15, 0.2) is 18.2 Å². The van der Waals surface area contributed by atoms with Gasteiger partial charge in [-0.25, -0.2) is 0 Å². The second-order valence-corrected chi connectivity index (χ2v) is 4.28. The Kier molecular flexibility index (Phi) is 2.44. The van der Waals surface area contributed by atoms with E-state index in [4.69, 9.17) is 16.3 Å². The van der Waals surface area contributed by atoms with E-state index in [9.17, 15) is 4.79 Å². The second-order valence-electron chi connectivity index (χ2n) is 2.76. The third-order valence-corrected chi connectivity index (χ3v) is 3.24. The molecule has 1 aromatic carbocycles. The number of carbonyl (C=O) groups is 1. The summed E-state index contributed by atoms with van der Waals surface area (Å²) in [5, 5.41) is 1.60. The van der Waals surface area contributed by atoms with E-state index in [0.717, 1.165) is 16.4 Å². The summed E-state index contributed by atoms with van der Waals surface area (Å²) in [7, 11) is 1.56. The number of methoxy groups -OCH3 is 1. The van der Waals surface area contributed by atoms with Gasteiger partial charge in [0.25, 0.3) is 0 Å². The number of ether oxygens (including phenoxy) is 1. The summed E-state index contributed by atoms with van der Waals surface area (Å²) in [6.45, 7) is 0. The molecule has 0 radical (unpaired) electrons. The standard InChI is InChI=1S/C10H7ClO2S/c1-13-10-7-3-2-6(11)4-8(7)14-9(10)5-12/h2-5H,1H3. The minimum Gasteiger partial charge on any atom is -0.494 e. The lowest BCUT2D eigenvalue weighted by molar-refractivity contribution is 0.112. The van der Waals surface area contributed by atoms with E-state index in [1.165, 1.54) is 11.3 Å². The summed E-state index contributed by atoms with van der Waals surface area (Å²) in [5.41, 5.74) is 0. The third kappa shape index (κ3) is 1.38. The first-order valence-corrected chi connectivity index (χ1v) is 5.17. The van der Waals surface area contributed by atoms with Crippen molar-refractivity contribution in [3.63, 3.8) is 0 Å². The molecule has 0 aliphatic heterocycles. The summed E-state index contributed by atoms with van der Waals surface area (Å²) in [6, 6.07) is 5.48. The molecule has 0 spiro atoms. The number of hydrogen-bond donors (Lipinski definition) is 0. The highest BCUT2D eigenvalue weighted by Crippen LogP contribution is 2.37. The van der Waals surface area contributed by atoms with Gasteiger partial charge in [0.15, 0.2) is 6.29 Å². The monoisotopic (exact) mass is 226 g/mol. The van der Waals surface area contributed by atoms with Gasteiger partial charge >= 0.3 is 0 Å². The average Bonchev–Trinajstić information content (AvgIpc) is 2.54. The Hall–Kier alpha value is -1.06. The SMILES string of the molecule is COc1c(C=O)sc2cc(Cl)ccc12. The Bertz CT molecular complexity index is 490. The molecule has 0 saturated carbocycles. The van der Waals surface area contributed by atoms with Crippen LogP contribution in [0.1, 0.15) is 9.67 Å². The number of benzene rings is 1. The van der Waals surface area contributed by atoms with Crippen molar-refractivity contribution in [1.29, 1.82) is 0 Å². The third-order valence-electron chi connectivity index (χ3n) is 1.94. The van der Waals surface area contributed by atoms with Crippen molar-refractivity contribution in [3.8, 4) is 5.75 Å². The lowest BCUT2D eigenvalue weighted by atomic mass is 10.2. The molecular formula is C10H7ClO2S. The highest BCUT2D eigenvalue weighted by Gasteiger charge is 2.11. The molecule has 0 amide bonds. The van der Waals surface area contributed by atoms with E-state index in [0.29, 0.717) is 15.6 Å². The fourth-order valence-electron chi connectivity index (χ4n) is 1.35. The molecule has 1 aromatic heterocycles. The lowest BCUT2D eigenvalue weighted by Gasteiger charge is -1.97. The number of hydrogen-bond acceptors (Lipinski definition) is 3. The molecule has 0 N–H and O–H groups in total. The highest BCUT2D eigenvalue weighted by atomic mass is 35.5. The van der Waals surface area contributed by atoms with Crippen LogP contribution in [0.5, 0.6) is 5.75 Å². The van der Waals surface area contributed by atoms with Crippen LogP contribution in [0.25, 0.3) is 10.1 Å². The summed E-state index contributed by atoms with van der Waals surface area (Å²) >= 11 is 7.23. The quantitative estimate of drug-likeness (QED) is 0.734. The lowest BCUT2D eigenvalue weighted by Crippen LogP contribution is -1.84. The number of fused-ring (bicyclic) bond motifs is 1. The van der Waals surface area contributed by atoms with E-state index in [-0.39, 0.29) is 0 Å². The van der Waals surface area contributed by atoms with Crippen LogP contribution in [0.3, 0.4) is 0 Å². The van der Waals surface area contributed by atoms with Gasteiger partial charge in [-0.2, -0.15) is 0 Å². The van der Waals surface area contributed by atoms with E-state index >= 15 is 0 Å². The van der Waals surface area contributed by atoms with Crippen LogP contribution in [0, 0.1) is 0 Å². The first kappa shape index (κ1) is 9.49. The molecule has 0 aliphatic rings. The molecule has 1 heterocycles. The van der Waals surface area contributed by atoms with Crippen LogP contribution in [-0.4, -0.2) is 13.4 Å². The summed E-state index contributed by atoms with van der Waals surface area (Å²) in [5.74, 6) is 0.636. The van der Waals surface area contributed by atoms with Gasteiger partial charge < -0.3 is 4.74 Å². The molecule has 14 heavy (non-hydrogen) atoms. The largest absolute Gasteiger partial charge is 0.494 e. The summed E-state index contributed by atoms with van der Waals surface area (Å²) in [4.78, 5) is 11.3. The Morgan fingerprint density at radius 2 is 2.29 bits per heavy atom. The average molecular weight is 227 g/mol. The molecule has 72 valence electrons. The van der Waals surface area contributed by atoms with E-state index in [1.54, 1.807) is 13.2 Å². The number of thiophene rings is 1. The molecule has 0 saturated heterocycles. The summed E-state index contributed by atoms with van der Waals surface area (Å²) in [6.07, 6.45) is 0.803. The Balaban J connectivity index is 2.79. The number of rotatable bonds is 2. The molecule has 0 aliphatic carbocycles. The zero-order chi connectivity index (χ0) is 10.1. The van der Waals surface area contributed by atoms with Crippen LogP contribution in [-0.2, 0) is 0 Å². The van der Waals surface area contributed by atoms with Gasteiger partial charge in [0.05, 0.1) is 7.11 Å². The fourth-order valence-corrected chi connectivity index (χ4v) is 2.62. The fraction of sp³-hybridized carbons (Fsp3) is 0.100. The van der Waals surface area contributed by atoms with Gasteiger partial charge in [0, 0.05) is 15.1 Å². The molecule has 0 fully saturated rings. The zero-order valence-corrected chi connectivity index (χ0v) is 8.98. The zero-order valence-electron chi connectivity index (χ0n) is 7.41. The van der Waals surface area contributed by atoms with E-state index in [1.807, 2.05) is 12.1 Å². The van der Waals surface area contributed by atoms with Crippen molar-refractivity contribution < 1.29 is 9.53 Å². The van der Waals surface area contributed by atoms with Crippen molar-refractivity contribution in [2.75, 3.05) is 7.11 Å². The minimum absolute atomic E-state index is 0.602. The van der Waals surface area contributed by atoms with Gasteiger partial charge in [-0.1, -0.05) is 11.6 Å². The van der Waals surface area contributed by atoms with Crippen molar-refractivity contribution >= 4 is 39.3 Å². The smallest absolute Gasteiger partial charge is 0.163 e. The van der Waals surface area contributed by atoms with Gasteiger partial charge in [-0.15, -0.1) is 11.3 Å². The Morgan fingerprint density at radius 1 is 1.50 bits per heavy atom. The Labute approximate surface area is 90.1 Å². The first-order chi connectivity index (χ1) is 6.76. The van der Waals surface area contributed by atoms with Crippen molar-refractivity contribution in [2.45, 2.75) is 0 Å². The van der Waals surface area contributed by atoms with E-state index < -0.39 is 0 Å². The maximum Gasteiger partial charge on any atom is 0.163 e. The molecule has 0 unspecified atom stereocenters. The van der Waals surface area contributed by atoms with Crippen molar-refractivity contribution in [3.05, 3.63) is 28.1 Å². The number of halogens is 1. The van der Waals surface area contributed by atoms with Gasteiger partial charge in [0.1, 0.15) is 10.6 Å². The molecule has 4 heteroatoms. The molecule has 0 bridgehead atoms. The summed E-state index contributed by atoms with van der Waals surface area (Å²) < 4.78 is 6.13. The Morgan fingerprint density at radius 3 is 2.93 bits per heavy atom. The van der Waals surface area contributed by atoms with Crippen LogP contribution >= 0.6 is 22.9 Å². The minimum atomic E-state index is 0.602. The number of carbonyl (C=O) groups excluding carboxylic acids is 1. The molecule has 2 rings (SSSR count). The topological polar surface area (TPSA) is 26.3 Å². The molecule has 2 aromatic rings. The van der Waals surface area contributed by atoms with E-state index in [2.05, 4.69) is 0 Å². The predicted molar refractivity (Wildman–Crippen MR) is 58.8 cm³/mol. The number of aldehydes is 1. The predicted octanol–water partition coefficient (Wildman–Crippen LogP) is 3.38. The maximum absolute atomic E-state index is 10.7. The van der Waals surface area contributed by atoms with Crippen molar-refractivity contribution in [1.82, 2.24) is 0 Å². The first-order valence-electron chi connectivity index (χ1n) is 3.97. The van der Waals surface area contributed by atoms with Gasteiger partial charge in [-0.3, -0.25) is 4.79 Å². The molecule has 0 atom stereocenters. The normalized spacial score (nSPS) is 10.4.